The average molecular weight is 267 g/mol. The van der Waals surface area contributed by atoms with Gasteiger partial charge in [0.1, 0.15) is 0 Å². The summed E-state index contributed by atoms with van der Waals surface area (Å²) in [5.41, 5.74) is 1.73. The van der Waals surface area contributed by atoms with Crippen molar-refractivity contribution in [3.63, 3.8) is 0 Å². The molecular formula is C15H13N3S. The molecule has 0 bridgehead atoms. The number of imidazole rings is 1. The number of hydrogen-bond donors (Lipinski definition) is 0. The molecule has 0 aliphatic rings. The van der Waals surface area contributed by atoms with Crippen LogP contribution < -0.4 is 0 Å². The minimum absolute atomic E-state index is 0.644. The molecule has 0 fully saturated rings. The lowest BCUT2D eigenvalue weighted by atomic mass is 10.1. The molecule has 1 heterocycles. The van der Waals surface area contributed by atoms with E-state index >= 15 is 0 Å². The van der Waals surface area contributed by atoms with Crippen molar-refractivity contribution in [3.05, 3.63) is 71.8 Å². The number of allylic oxidation sites excluding steroid dienone is 2. The Morgan fingerprint density at radius 1 is 1.32 bits per heavy atom. The van der Waals surface area contributed by atoms with E-state index in [0.29, 0.717) is 11.3 Å². The van der Waals surface area contributed by atoms with E-state index in [-0.39, 0.29) is 0 Å². The average Bonchev–Trinajstić information content (AvgIpc) is 2.79. The predicted octanol–water partition coefficient (Wildman–Crippen LogP) is 3.62. The van der Waals surface area contributed by atoms with Gasteiger partial charge in [0.2, 0.25) is 0 Å². The van der Waals surface area contributed by atoms with E-state index in [9.17, 15) is 0 Å². The summed E-state index contributed by atoms with van der Waals surface area (Å²) in [6, 6.07) is 11.8. The summed E-state index contributed by atoms with van der Waals surface area (Å²) >= 11 is 5.41. The summed E-state index contributed by atoms with van der Waals surface area (Å²) in [7, 11) is 0. The van der Waals surface area contributed by atoms with Crippen molar-refractivity contribution in [1.82, 2.24) is 9.13 Å². The maximum atomic E-state index is 8.96. The number of nitrogens with zero attached hydrogens (tertiary/aromatic N) is 3. The molecule has 0 N–H and O–H groups in total. The van der Waals surface area contributed by atoms with Gasteiger partial charge in [0.05, 0.1) is 11.8 Å². The number of benzene rings is 1. The fourth-order valence-electron chi connectivity index (χ4n) is 1.84. The second-order valence-electron chi connectivity index (χ2n) is 3.92. The SMILES string of the molecule is C=CCn1ccn(/C(=C\C#N)c2ccccc2)c1=S. The van der Waals surface area contributed by atoms with Gasteiger partial charge in [-0.25, -0.2) is 0 Å². The molecule has 0 radical (unpaired) electrons. The van der Waals surface area contributed by atoms with Crippen molar-refractivity contribution < 1.29 is 0 Å². The van der Waals surface area contributed by atoms with Crippen LogP contribution in [0.3, 0.4) is 0 Å². The van der Waals surface area contributed by atoms with Gasteiger partial charge in [-0.05, 0) is 17.8 Å². The van der Waals surface area contributed by atoms with Gasteiger partial charge >= 0.3 is 0 Å². The van der Waals surface area contributed by atoms with Gasteiger partial charge in [0, 0.05) is 25.0 Å². The van der Waals surface area contributed by atoms with Crippen molar-refractivity contribution in [3.8, 4) is 6.07 Å². The predicted molar refractivity (Wildman–Crippen MR) is 78.9 cm³/mol. The fourth-order valence-corrected chi connectivity index (χ4v) is 2.13. The summed E-state index contributed by atoms with van der Waals surface area (Å²) in [5.74, 6) is 0. The molecule has 4 heteroatoms. The molecular weight excluding hydrogens is 254 g/mol. The van der Waals surface area contributed by atoms with Crippen molar-refractivity contribution in [2.45, 2.75) is 6.54 Å². The molecule has 0 saturated heterocycles. The highest BCUT2D eigenvalue weighted by molar-refractivity contribution is 7.71. The number of nitriles is 1. The summed E-state index contributed by atoms with van der Waals surface area (Å²) in [5, 5.41) is 8.96. The van der Waals surface area contributed by atoms with Gasteiger partial charge in [-0.3, -0.25) is 4.57 Å². The van der Waals surface area contributed by atoms with E-state index in [1.54, 1.807) is 6.08 Å². The second-order valence-corrected chi connectivity index (χ2v) is 4.28. The van der Waals surface area contributed by atoms with E-state index in [1.165, 1.54) is 6.08 Å². The molecule has 0 aliphatic carbocycles. The molecule has 2 aromatic rings. The highest BCUT2D eigenvalue weighted by Crippen LogP contribution is 2.17. The number of aromatic nitrogens is 2. The van der Waals surface area contributed by atoms with Crippen LogP contribution in [0.5, 0.6) is 0 Å². The highest BCUT2D eigenvalue weighted by atomic mass is 32.1. The standard InChI is InChI=1S/C15H13N3S/c1-2-10-17-11-12-18(15(17)19)14(8-9-16)13-6-4-3-5-7-13/h2-8,11-12H,1,10H2/b14-8-. The summed E-state index contributed by atoms with van der Waals surface area (Å²) < 4.78 is 4.37. The molecule has 0 spiro atoms. The molecule has 0 aliphatic heterocycles. The molecule has 1 aromatic carbocycles. The van der Waals surface area contributed by atoms with Crippen LogP contribution in [-0.4, -0.2) is 9.13 Å². The second kappa shape index (κ2) is 5.98. The Kier molecular flexibility index (Phi) is 4.11. The minimum atomic E-state index is 0.644. The van der Waals surface area contributed by atoms with E-state index in [0.717, 1.165) is 11.3 Å². The fraction of sp³-hybridized carbons (Fsp3) is 0.0667. The first-order valence-corrected chi connectivity index (χ1v) is 6.23. The summed E-state index contributed by atoms with van der Waals surface area (Å²) in [6.07, 6.45) is 7.04. The molecule has 3 nitrogen and oxygen atoms in total. The summed E-state index contributed by atoms with van der Waals surface area (Å²) in [6.45, 7) is 4.36. The Bertz CT molecular complexity index is 699. The third kappa shape index (κ3) is 2.72. The normalized spacial score (nSPS) is 11.0. The largest absolute Gasteiger partial charge is 0.320 e. The van der Waals surface area contributed by atoms with E-state index < -0.39 is 0 Å². The van der Waals surface area contributed by atoms with Crippen molar-refractivity contribution in [2.24, 2.45) is 0 Å². The molecule has 1 aromatic heterocycles. The molecule has 94 valence electrons. The third-order valence-corrected chi connectivity index (χ3v) is 3.13. The smallest absolute Gasteiger partial charge is 0.184 e. The topological polar surface area (TPSA) is 33.6 Å². The number of rotatable bonds is 4. The van der Waals surface area contributed by atoms with Crippen LogP contribution in [0.15, 0.2) is 61.5 Å². The Morgan fingerprint density at radius 2 is 2.05 bits per heavy atom. The maximum absolute atomic E-state index is 8.96. The van der Waals surface area contributed by atoms with Crippen LogP contribution in [-0.2, 0) is 6.54 Å². The van der Waals surface area contributed by atoms with Crippen LogP contribution in [0.1, 0.15) is 5.56 Å². The molecule has 0 atom stereocenters. The summed E-state index contributed by atoms with van der Waals surface area (Å²) in [4.78, 5) is 0. The van der Waals surface area contributed by atoms with Crippen LogP contribution in [0.2, 0.25) is 0 Å². The van der Waals surface area contributed by atoms with Crippen molar-refractivity contribution in [2.75, 3.05) is 0 Å². The molecule has 0 amide bonds. The van der Waals surface area contributed by atoms with Gasteiger partial charge < -0.3 is 4.57 Å². The Labute approximate surface area is 117 Å². The lowest BCUT2D eigenvalue weighted by Crippen LogP contribution is -2.01. The zero-order valence-corrected chi connectivity index (χ0v) is 11.2. The van der Waals surface area contributed by atoms with Gasteiger partial charge in [-0.15, -0.1) is 6.58 Å². The van der Waals surface area contributed by atoms with Gasteiger partial charge in [-0.1, -0.05) is 36.4 Å². The van der Waals surface area contributed by atoms with E-state index in [4.69, 9.17) is 17.5 Å². The Morgan fingerprint density at radius 3 is 2.68 bits per heavy atom. The van der Waals surface area contributed by atoms with Gasteiger partial charge in [0.25, 0.3) is 0 Å². The van der Waals surface area contributed by atoms with Crippen LogP contribution in [0.4, 0.5) is 0 Å². The molecule has 19 heavy (non-hydrogen) atoms. The molecule has 2 rings (SSSR count). The van der Waals surface area contributed by atoms with Crippen LogP contribution in [0.25, 0.3) is 5.70 Å². The monoisotopic (exact) mass is 267 g/mol. The van der Waals surface area contributed by atoms with Crippen molar-refractivity contribution >= 4 is 17.9 Å². The first-order valence-electron chi connectivity index (χ1n) is 5.82. The lowest BCUT2D eigenvalue weighted by Gasteiger charge is -2.08. The quantitative estimate of drug-likeness (QED) is 0.481. The first kappa shape index (κ1) is 13.1. The zero-order valence-electron chi connectivity index (χ0n) is 10.4. The third-order valence-electron chi connectivity index (χ3n) is 2.70. The van der Waals surface area contributed by atoms with E-state index in [1.807, 2.05) is 51.9 Å². The van der Waals surface area contributed by atoms with Gasteiger partial charge in [-0.2, -0.15) is 5.26 Å². The van der Waals surface area contributed by atoms with Crippen molar-refractivity contribution in [1.29, 1.82) is 5.26 Å². The van der Waals surface area contributed by atoms with Crippen LogP contribution >= 0.6 is 12.2 Å². The van der Waals surface area contributed by atoms with Gasteiger partial charge in [0.15, 0.2) is 4.77 Å². The highest BCUT2D eigenvalue weighted by Gasteiger charge is 2.06. The Hall–Kier alpha value is -2.38. The zero-order chi connectivity index (χ0) is 13.7. The molecule has 0 saturated carbocycles. The van der Waals surface area contributed by atoms with Crippen LogP contribution in [0, 0.1) is 16.1 Å². The minimum Gasteiger partial charge on any atom is -0.320 e. The maximum Gasteiger partial charge on any atom is 0.184 e. The van der Waals surface area contributed by atoms with E-state index in [2.05, 4.69) is 12.6 Å². The number of hydrogen-bond acceptors (Lipinski definition) is 2. The molecule has 0 unspecified atom stereocenters. The first-order chi connectivity index (χ1) is 9.27. The lowest BCUT2D eigenvalue weighted by molar-refractivity contribution is 0.792. The Balaban J connectivity index is 2.54.